The number of rotatable bonds is 8. The van der Waals surface area contributed by atoms with E-state index in [1.807, 2.05) is 4.90 Å². The third-order valence-electron chi connectivity index (χ3n) is 7.82. The number of hydrogen-bond donors (Lipinski definition) is 2. The minimum Gasteiger partial charge on any atom is -0.367 e. The Labute approximate surface area is 251 Å². The first-order valence-electron chi connectivity index (χ1n) is 13.9. The second-order valence-corrected chi connectivity index (χ2v) is 11.2. The lowest BCUT2D eigenvalue weighted by Gasteiger charge is -2.41. The van der Waals surface area contributed by atoms with Crippen LogP contribution in [0.3, 0.4) is 0 Å². The van der Waals surface area contributed by atoms with Gasteiger partial charge in [-0.1, -0.05) is 17.7 Å². The molecule has 0 aromatic heterocycles. The molecule has 3 amide bonds. The number of amides is 3. The lowest BCUT2D eigenvalue weighted by Crippen LogP contribution is -2.52. The maximum Gasteiger partial charge on any atom is 0.390 e. The van der Waals surface area contributed by atoms with Gasteiger partial charge in [0.05, 0.1) is 23.4 Å². The van der Waals surface area contributed by atoms with E-state index in [2.05, 4.69) is 10.6 Å². The molecule has 234 valence electrons. The van der Waals surface area contributed by atoms with Crippen molar-refractivity contribution >= 4 is 40.7 Å². The smallest absolute Gasteiger partial charge is 0.367 e. The predicted octanol–water partition coefficient (Wildman–Crippen LogP) is 4.96. The van der Waals surface area contributed by atoms with Crippen molar-refractivity contribution in [2.45, 2.75) is 57.9 Å². The third-order valence-corrected chi connectivity index (χ3v) is 8.05. The summed E-state index contributed by atoms with van der Waals surface area (Å²) in [5, 5.41) is 5.49. The van der Waals surface area contributed by atoms with E-state index in [1.54, 1.807) is 17.9 Å². The Morgan fingerprint density at radius 3 is 2.47 bits per heavy atom. The number of carbonyl (C=O) groups excluding carboxylic acids is 3. The average Bonchev–Trinajstić information content (AvgIpc) is 3.44. The standard InChI is InChI=1S/C29H33ClF5N5O3/c1-17-16-39(13-12-38(17)11-9-29(33,34)35)24-14-20(30)6-8-22(24)37-27(42)21-7-5-19(25(31)26(21)32)15-36-28(43)23-4-3-10-40(23)18(2)41/h5-8,14,17,23H,3-4,9-13,15-16H2,1-2H3,(H,36,43)(H,37,42)/t17-,23-/m1/s1. The highest BCUT2D eigenvalue weighted by Gasteiger charge is 2.33. The molecule has 0 spiro atoms. The van der Waals surface area contributed by atoms with Crippen molar-refractivity contribution in [2.75, 3.05) is 42.9 Å². The molecule has 2 atom stereocenters. The van der Waals surface area contributed by atoms with Gasteiger partial charge >= 0.3 is 6.18 Å². The molecule has 2 saturated heterocycles. The van der Waals surface area contributed by atoms with E-state index in [0.717, 1.165) is 6.07 Å². The fourth-order valence-electron chi connectivity index (χ4n) is 5.50. The molecule has 0 saturated carbocycles. The van der Waals surface area contributed by atoms with Crippen molar-refractivity contribution in [1.29, 1.82) is 0 Å². The maximum absolute atomic E-state index is 15.1. The maximum atomic E-state index is 15.1. The predicted molar refractivity (Wildman–Crippen MR) is 152 cm³/mol. The number of piperazine rings is 1. The second-order valence-electron chi connectivity index (χ2n) is 10.8. The van der Waals surface area contributed by atoms with E-state index in [1.165, 1.54) is 30.0 Å². The molecule has 0 bridgehead atoms. The van der Waals surface area contributed by atoms with Gasteiger partial charge in [-0.05, 0) is 44.0 Å². The number of nitrogens with zero attached hydrogens (tertiary/aromatic N) is 3. The molecular weight excluding hydrogens is 597 g/mol. The van der Waals surface area contributed by atoms with E-state index >= 15 is 4.39 Å². The van der Waals surface area contributed by atoms with E-state index in [-0.39, 0.29) is 36.3 Å². The third kappa shape index (κ3) is 7.94. The van der Waals surface area contributed by atoms with Crippen LogP contribution in [0.15, 0.2) is 30.3 Å². The fourth-order valence-corrected chi connectivity index (χ4v) is 5.66. The number of nitrogens with one attached hydrogen (secondary N) is 2. The molecule has 43 heavy (non-hydrogen) atoms. The van der Waals surface area contributed by atoms with Crippen molar-refractivity contribution in [3.8, 4) is 0 Å². The van der Waals surface area contributed by atoms with Crippen molar-refractivity contribution in [1.82, 2.24) is 15.1 Å². The molecule has 2 N–H and O–H groups in total. The van der Waals surface area contributed by atoms with Crippen LogP contribution in [0.5, 0.6) is 0 Å². The van der Waals surface area contributed by atoms with Crippen LogP contribution in [-0.2, 0) is 16.1 Å². The van der Waals surface area contributed by atoms with Gasteiger partial charge in [-0.3, -0.25) is 19.3 Å². The molecule has 2 aromatic carbocycles. The van der Waals surface area contributed by atoms with Crippen LogP contribution in [0.2, 0.25) is 5.02 Å². The summed E-state index contributed by atoms with van der Waals surface area (Å²) in [6.45, 7) is 4.23. The van der Waals surface area contributed by atoms with Gasteiger partial charge < -0.3 is 20.4 Å². The first-order chi connectivity index (χ1) is 20.2. The van der Waals surface area contributed by atoms with Crippen LogP contribution >= 0.6 is 11.6 Å². The Morgan fingerprint density at radius 2 is 1.79 bits per heavy atom. The molecule has 2 aliphatic rings. The number of alkyl halides is 3. The van der Waals surface area contributed by atoms with Gasteiger partial charge in [0.25, 0.3) is 5.91 Å². The molecule has 8 nitrogen and oxygen atoms in total. The quantitative estimate of drug-likeness (QED) is 0.404. The molecule has 2 fully saturated rings. The van der Waals surface area contributed by atoms with Crippen molar-refractivity contribution in [3.05, 3.63) is 58.1 Å². The van der Waals surface area contributed by atoms with Crippen LogP contribution < -0.4 is 15.5 Å². The van der Waals surface area contributed by atoms with Crippen LogP contribution in [0.25, 0.3) is 0 Å². The van der Waals surface area contributed by atoms with Gasteiger partial charge in [-0.25, -0.2) is 8.78 Å². The minimum atomic E-state index is -4.25. The highest BCUT2D eigenvalue weighted by atomic mass is 35.5. The summed E-state index contributed by atoms with van der Waals surface area (Å²) in [4.78, 5) is 42.4. The molecule has 4 rings (SSSR count). The zero-order valence-electron chi connectivity index (χ0n) is 23.7. The normalized spacial score (nSPS) is 19.4. The zero-order valence-corrected chi connectivity index (χ0v) is 24.5. The summed E-state index contributed by atoms with van der Waals surface area (Å²) >= 11 is 6.20. The van der Waals surface area contributed by atoms with Crippen LogP contribution in [0.1, 0.15) is 49.0 Å². The first kappa shape index (κ1) is 32.5. The van der Waals surface area contributed by atoms with E-state index in [9.17, 15) is 31.9 Å². The van der Waals surface area contributed by atoms with Gasteiger partial charge in [0, 0.05) is 62.8 Å². The first-order valence-corrected chi connectivity index (χ1v) is 14.3. The Morgan fingerprint density at radius 1 is 1.05 bits per heavy atom. The summed E-state index contributed by atoms with van der Waals surface area (Å²) in [5.41, 5.74) is 0.0414. The molecule has 2 heterocycles. The van der Waals surface area contributed by atoms with E-state index < -0.39 is 47.7 Å². The molecular formula is C29H33ClF5N5O3. The van der Waals surface area contributed by atoms with Gasteiger partial charge in [-0.15, -0.1) is 0 Å². The number of halogens is 6. The Kier molecular flexibility index (Phi) is 10.2. The van der Waals surface area contributed by atoms with E-state index in [4.69, 9.17) is 11.6 Å². The highest BCUT2D eigenvalue weighted by molar-refractivity contribution is 6.31. The molecule has 0 aliphatic carbocycles. The van der Waals surface area contributed by atoms with Crippen molar-refractivity contribution in [2.24, 2.45) is 0 Å². The Balaban J connectivity index is 1.43. The summed E-state index contributed by atoms with van der Waals surface area (Å²) in [6, 6.07) is 6.05. The highest BCUT2D eigenvalue weighted by Crippen LogP contribution is 2.32. The summed E-state index contributed by atoms with van der Waals surface area (Å²) in [6.07, 6.45) is -4.03. The van der Waals surface area contributed by atoms with Gasteiger partial charge in [0.2, 0.25) is 11.8 Å². The lowest BCUT2D eigenvalue weighted by molar-refractivity contribution is -0.139. The van der Waals surface area contributed by atoms with Crippen LogP contribution in [0.4, 0.5) is 33.3 Å². The SMILES string of the molecule is CC(=O)N1CCC[C@@H]1C(=O)NCc1ccc(C(=O)Nc2ccc(Cl)cc2N2CCN(CCC(F)(F)F)[C@H](C)C2)c(F)c1F. The monoisotopic (exact) mass is 629 g/mol. The van der Waals surface area contributed by atoms with Crippen LogP contribution in [0, 0.1) is 11.6 Å². The van der Waals surface area contributed by atoms with E-state index in [0.29, 0.717) is 49.7 Å². The summed E-state index contributed by atoms with van der Waals surface area (Å²) in [5.74, 6) is -4.32. The average molecular weight is 630 g/mol. The van der Waals surface area contributed by atoms with Crippen molar-refractivity contribution < 1.29 is 36.3 Å². The molecule has 0 radical (unpaired) electrons. The molecule has 2 aliphatic heterocycles. The second kappa shape index (κ2) is 13.5. The topological polar surface area (TPSA) is 85.0 Å². The Hall–Kier alpha value is -3.45. The fraction of sp³-hybridized carbons (Fsp3) is 0.483. The Bertz CT molecular complexity index is 1370. The molecule has 0 unspecified atom stereocenters. The largest absolute Gasteiger partial charge is 0.390 e. The summed E-state index contributed by atoms with van der Waals surface area (Å²) in [7, 11) is 0. The summed E-state index contributed by atoms with van der Waals surface area (Å²) < 4.78 is 68.1. The minimum absolute atomic E-state index is 0.125. The number of carbonyl (C=O) groups is 3. The van der Waals surface area contributed by atoms with Gasteiger partial charge in [0.1, 0.15) is 6.04 Å². The molecule has 14 heteroatoms. The molecule has 2 aromatic rings. The van der Waals surface area contributed by atoms with Crippen LogP contribution in [-0.4, -0.2) is 78.5 Å². The van der Waals surface area contributed by atoms with Gasteiger partial charge in [-0.2, -0.15) is 13.2 Å². The lowest BCUT2D eigenvalue weighted by atomic mass is 10.1. The number of likely N-dealkylation sites (tertiary alicyclic amines) is 1. The number of benzene rings is 2. The van der Waals surface area contributed by atoms with Crippen molar-refractivity contribution in [3.63, 3.8) is 0 Å². The number of anilines is 2. The number of hydrogen-bond acceptors (Lipinski definition) is 5. The zero-order chi connectivity index (χ0) is 31.5. The van der Waals surface area contributed by atoms with Gasteiger partial charge in [0.15, 0.2) is 11.6 Å².